The van der Waals surface area contributed by atoms with Crippen molar-refractivity contribution in [3.05, 3.63) is 15.3 Å². The van der Waals surface area contributed by atoms with Crippen LogP contribution in [0.3, 0.4) is 0 Å². The Balaban J connectivity index is 0. The Morgan fingerprint density at radius 1 is 1.54 bits per heavy atom. The molecule has 0 radical (unpaired) electrons. The van der Waals surface area contributed by atoms with Crippen LogP contribution in [0, 0.1) is 15.3 Å². The summed E-state index contributed by atoms with van der Waals surface area (Å²) in [5, 5.41) is 23.0. The van der Waals surface area contributed by atoms with Gasteiger partial charge in [0, 0.05) is 0 Å². The summed E-state index contributed by atoms with van der Waals surface area (Å²) in [7, 11) is 0. The minimum absolute atomic E-state index is 0.464. The van der Waals surface area contributed by atoms with E-state index in [4.69, 9.17) is 31.9 Å². The number of rotatable bonds is 4. The molecule has 0 aliphatic carbocycles. The molecule has 1 atom stereocenters. The van der Waals surface area contributed by atoms with E-state index in [9.17, 15) is 4.79 Å². The highest BCUT2D eigenvalue weighted by atomic mass is 16.9. The predicted octanol–water partition coefficient (Wildman–Crippen LogP) is -1.10. The Kier molecular flexibility index (Phi) is 9.44. The van der Waals surface area contributed by atoms with E-state index >= 15 is 0 Å². The maximum absolute atomic E-state index is 10.0. The highest BCUT2D eigenvalue weighted by Crippen LogP contribution is 1.91. The topological polar surface area (TPSA) is 156 Å². The first-order chi connectivity index (χ1) is 5.91. The van der Waals surface area contributed by atoms with Crippen molar-refractivity contribution in [2.75, 3.05) is 6.54 Å². The Hall–Kier alpha value is -1.41. The summed E-state index contributed by atoms with van der Waals surface area (Å²) < 4.78 is 0. The lowest BCUT2D eigenvalue weighted by Gasteiger charge is -2.02. The number of carboxylic acids is 1. The second-order valence-corrected chi connectivity index (χ2v) is 2.10. The van der Waals surface area contributed by atoms with Gasteiger partial charge in [0.2, 0.25) is 0 Å². The number of carbonyl (C=O) groups is 1. The van der Waals surface area contributed by atoms with E-state index in [0.717, 1.165) is 0 Å². The zero-order valence-corrected chi connectivity index (χ0v) is 6.88. The van der Waals surface area contributed by atoms with Crippen LogP contribution in [0.5, 0.6) is 0 Å². The van der Waals surface area contributed by atoms with E-state index in [1.807, 2.05) is 0 Å². The summed E-state index contributed by atoms with van der Waals surface area (Å²) in [6.07, 6.45) is 1.14. The Labute approximate surface area is 74.2 Å². The summed E-state index contributed by atoms with van der Waals surface area (Å²) in [6, 6.07) is -0.742. The molecular weight excluding hydrogens is 182 g/mol. The van der Waals surface area contributed by atoms with E-state index in [1.165, 1.54) is 0 Å². The summed E-state index contributed by atoms with van der Waals surface area (Å²) >= 11 is 0. The first kappa shape index (κ1) is 14.1. The molecule has 0 spiro atoms. The monoisotopic (exact) mass is 194 g/mol. The Morgan fingerprint density at radius 2 is 1.92 bits per heavy atom. The second kappa shape index (κ2) is 8.68. The fraction of sp³-hybridized carbons (Fsp3) is 0.800. The van der Waals surface area contributed by atoms with E-state index in [2.05, 4.69) is 0 Å². The minimum Gasteiger partial charge on any atom is -0.480 e. The predicted molar refractivity (Wildman–Crippen MR) is 44.3 cm³/mol. The second-order valence-electron chi connectivity index (χ2n) is 2.10. The van der Waals surface area contributed by atoms with Crippen LogP contribution in [-0.4, -0.2) is 28.7 Å². The smallest absolute Gasteiger partial charge is 0.320 e. The van der Waals surface area contributed by atoms with Crippen LogP contribution in [-0.2, 0) is 4.79 Å². The van der Waals surface area contributed by atoms with Gasteiger partial charge in [0.05, 0.1) is 5.09 Å². The van der Waals surface area contributed by atoms with Gasteiger partial charge in [-0.15, -0.1) is 0 Å². The maximum atomic E-state index is 10.0. The summed E-state index contributed by atoms with van der Waals surface area (Å²) in [6.45, 7) is 0.501. The first-order valence-electron chi connectivity index (χ1n) is 3.41. The number of aliphatic carboxylic acids is 1. The third-order valence-electron chi connectivity index (χ3n) is 1.04. The van der Waals surface area contributed by atoms with Crippen LogP contribution < -0.4 is 11.5 Å². The maximum Gasteiger partial charge on any atom is 0.320 e. The minimum atomic E-state index is -1.75. The molecular formula is C5H12N3O5-. The summed E-state index contributed by atoms with van der Waals surface area (Å²) in [5.74, 6) is -0.955. The molecule has 8 nitrogen and oxygen atoms in total. The molecule has 13 heavy (non-hydrogen) atoms. The average molecular weight is 194 g/mol. The fourth-order valence-electron chi connectivity index (χ4n) is 0.461. The lowest BCUT2D eigenvalue weighted by atomic mass is 10.2. The standard InChI is InChI=1S/C5H12N2O2.NO3/c6-3-1-2-4(7)5(8)9;2-1(3)4/h4H,1-3,6-7H2,(H,8,9);/q;-1/t4-;/m0./s1. The molecule has 78 valence electrons. The third kappa shape index (κ3) is 18.0. The molecule has 0 amide bonds. The van der Waals surface area contributed by atoms with Crippen LogP contribution in [0.15, 0.2) is 0 Å². The molecule has 5 N–H and O–H groups in total. The lowest BCUT2D eigenvalue weighted by molar-refractivity contribution is -0.402. The van der Waals surface area contributed by atoms with E-state index < -0.39 is 17.1 Å². The highest BCUT2D eigenvalue weighted by Gasteiger charge is 2.08. The first-order valence-corrected chi connectivity index (χ1v) is 3.41. The molecule has 0 saturated carbocycles. The molecule has 0 rings (SSSR count). The van der Waals surface area contributed by atoms with Crippen LogP contribution in [0.4, 0.5) is 0 Å². The average Bonchev–Trinajstić information content (AvgIpc) is 1.98. The zero-order valence-electron chi connectivity index (χ0n) is 6.88. The van der Waals surface area contributed by atoms with Crippen molar-refractivity contribution >= 4 is 5.97 Å². The van der Waals surface area contributed by atoms with Gasteiger partial charge in [0.15, 0.2) is 0 Å². The largest absolute Gasteiger partial charge is 0.480 e. The van der Waals surface area contributed by atoms with Gasteiger partial charge in [-0.2, -0.15) is 0 Å². The van der Waals surface area contributed by atoms with Crippen LogP contribution in [0.25, 0.3) is 0 Å². The zero-order chi connectivity index (χ0) is 10.9. The molecule has 0 aromatic rings. The van der Waals surface area contributed by atoms with Crippen LogP contribution >= 0.6 is 0 Å². The van der Waals surface area contributed by atoms with E-state index in [1.54, 1.807) is 0 Å². The molecule has 0 aliphatic rings. The SMILES string of the molecule is NCCC[C@H](N)C(=O)O.O=[N+]([O-])[O-]. The molecule has 0 heterocycles. The van der Waals surface area contributed by atoms with Crippen LogP contribution in [0.2, 0.25) is 0 Å². The fourth-order valence-corrected chi connectivity index (χ4v) is 0.461. The molecule has 0 aromatic carbocycles. The number of nitrogens with two attached hydrogens (primary N) is 2. The van der Waals surface area contributed by atoms with Crippen molar-refractivity contribution in [1.82, 2.24) is 0 Å². The Morgan fingerprint density at radius 3 is 2.15 bits per heavy atom. The molecule has 0 unspecified atom stereocenters. The van der Waals surface area contributed by atoms with Crippen molar-refractivity contribution < 1.29 is 15.0 Å². The van der Waals surface area contributed by atoms with Gasteiger partial charge >= 0.3 is 5.97 Å². The molecule has 0 aliphatic heterocycles. The van der Waals surface area contributed by atoms with Gasteiger partial charge in [-0.25, -0.2) is 0 Å². The summed E-state index contributed by atoms with van der Waals surface area (Å²) in [4.78, 5) is 18.3. The van der Waals surface area contributed by atoms with Crippen molar-refractivity contribution in [2.45, 2.75) is 18.9 Å². The van der Waals surface area contributed by atoms with Crippen molar-refractivity contribution in [2.24, 2.45) is 11.5 Å². The Bertz CT molecular complexity index is 158. The molecule has 0 aromatic heterocycles. The number of hydrogen-bond acceptors (Lipinski definition) is 6. The van der Waals surface area contributed by atoms with Gasteiger partial charge in [-0.1, -0.05) is 0 Å². The highest BCUT2D eigenvalue weighted by molar-refractivity contribution is 5.72. The lowest BCUT2D eigenvalue weighted by Crippen LogP contribution is -2.30. The third-order valence-corrected chi connectivity index (χ3v) is 1.04. The quantitative estimate of drug-likeness (QED) is 0.378. The number of hydrogen-bond donors (Lipinski definition) is 3. The van der Waals surface area contributed by atoms with E-state index in [-0.39, 0.29) is 0 Å². The van der Waals surface area contributed by atoms with E-state index in [0.29, 0.717) is 19.4 Å². The molecule has 8 heteroatoms. The summed E-state index contributed by atoms with van der Waals surface area (Å²) in [5.41, 5.74) is 10.3. The van der Waals surface area contributed by atoms with Gasteiger partial charge in [-0.05, 0) is 19.4 Å². The molecule has 0 bridgehead atoms. The van der Waals surface area contributed by atoms with Crippen LogP contribution in [0.1, 0.15) is 12.8 Å². The van der Waals surface area contributed by atoms with Gasteiger partial charge in [0.25, 0.3) is 0 Å². The normalized spacial score (nSPS) is 10.9. The van der Waals surface area contributed by atoms with Crippen molar-refractivity contribution in [3.63, 3.8) is 0 Å². The van der Waals surface area contributed by atoms with Crippen molar-refractivity contribution in [3.8, 4) is 0 Å². The van der Waals surface area contributed by atoms with Crippen molar-refractivity contribution in [1.29, 1.82) is 0 Å². The number of carboxylic acid groups (broad SMARTS) is 1. The van der Waals surface area contributed by atoms with Gasteiger partial charge in [0.1, 0.15) is 6.04 Å². The molecule has 0 saturated heterocycles. The molecule has 0 fully saturated rings. The van der Waals surface area contributed by atoms with Gasteiger partial charge in [-0.3, -0.25) is 4.79 Å². The van der Waals surface area contributed by atoms with Gasteiger partial charge < -0.3 is 31.9 Å². The number of nitrogens with zero attached hydrogens (tertiary/aromatic N) is 1.